The second kappa shape index (κ2) is 10.4. The molecule has 0 amide bonds. The minimum absolute atomic E-state index is 0.949. The summed E-state index contributed by atoms with van der Waals surface area (Å²) in [6, 6.07) is 19.7. The monoisotopic (exact) mass is 454 g/mol. The van der Waals surface area contributed by atoms with E-state index in [1.807, 2.05) is 0 Å². The van der Waals surface area contributed by atoms with Crippen molar-refractivity contribution < 1.29 is 0 Å². The molecule has 1 heterocycles. The zero-order valence-corrected chi connectivity index (χ0v) is 21.6. The Labute approximate surface area is 205 Å². The van der Waals surface area contributed by atoms with Crippen LogP contribution in [0.25, 0.3) is 0 Å². The van der Waals surface area contributed by atoms with E-state index in [4.69, 9.17) is 4.99 Å². The van der Waals surface area contributed by atoms with Gasteiger partial charge < -0.3 is 10.2 Å². The third-order valence-electron chi connectivity index (χ3n) is 6.69. The highest BCUT2D eigenvalue weighted by Crippen LogP contribution is 2.28. The van der Waals surface area contributed by atoms with Gasteiger partial charge >= 0.3 is 0 Å². The van der Waals surface area contributed by atoms with Crippen molar-refractivity contribution >= 4 is 17.3 Å². The summed E-state index contributed by atoms with van der Waals surface area (Å²) in [6.45, 7) is 17.9. The van der Waals surface area contributed by atoms with Crippen molar-refractivity contribution in [3.63, 3.8) is 0 Å². The molecule has 1 aliphatic heterocycles. The topological polar surface area (TPSA) is 30.9 Å². The number of piperazine rings is 1. The van der Waals surface area contributed by atoms with E-state index in [0.717, 1.165) is 44.4 Å². The molecule has 34 heavy (non-hydrogen) atoms. The van der Waals surface area contributed by atoms with E-state index >= 15 is 0 Å². The molecule has 1 aliphatic rings. The van der Waals surface area contributed by atoms with Crippen molar-refractivity contribution in [2.24, 2.45) is 4.99 Å². The van der Waals surface area contributed by atoms with Gasteiger partial charge in [-0.15, -0.1) is 0 Å². The van der Waals surface area contributed by atoms with Crippen LogP contribution < -0.4 is 5.32 Å². The minimum Gasteiger partial charge on any atom is -0.340 e. The summed E-state index contributed by atoms with van der Waals surface area (Å²) in [4.78, 5) is 10.2. The normalized spacial score (nSPS) is 15.0. The second-order valence-electron chi connectivity index (χ2n) is 9.83. The van der Waals surface area contributed by atoms with Crippen LogP contribution in [0.1, 0.15) is 38.9 Å². The summed E-state index contributed by atoms with van der Waals surface area (Å²) in [5, 5.41) is 3.75. The van der Waals surface area contributed by atoms with Crippen molar-refractivity contribution in [3.05, 3.63) is 93.5 Å². The van der Waals surface area contributed by atoms with Gasteiger partial charge in [0, 0.05) is 38.4 Å². The molecule has 1 fully saturated rings. The maximum Gasteiger partial charge on any atom is 0.203 e. The average Bonchev–Trinajstić information content (AvgIpc) is 2.78. The Balaban J connectivity index is 1.61. The third kappa shape index (κ3) is 5.68. The van der Waals surface area contributed by atoms with Gasteiger partial charge in [-0.3, -0.25) is 4.90 Å². The Kier molecular flexibility index (Phi) is 7.38. The quantitative estimate of drug-likeness (QED) is 0.363. The van der Waals surface area contributed by atoms with Gasteiger partial charge in [0.15, 0.2) is 0 Å². The van der Waals surface area contributed by atoms with Crippen molar-refractivity contribution in [2.45, 2.75) is 48.1 Å². The van der Waals surface area contributed by atoms with Crippen LogP contribution in [0.5, 0.6) is 0 Å². The van der Waals surface area contributed by atoms with Crippen LogP contribution >= 0.6 is 0 Å². The van der Waals surface area contributed by atoms with Crippen LogP contribution in [0.3, 0.4) is 0 Å². The fourth-order valence-electron chi connectivity index (χ4n) is 5.08. The Morgan fingerprint density at radius 3 is 1.82 bits per heavy atom. The maximum absolute atomic E-state index is 5.24. The summed E-state index contributed by atoms with van der Waals surface area (Å²) in [5.74, 6) is 0.949. The van der Waals surface area contributed by atoms with E-state index in [1.54, 1.807) is 0 Å². The highest BCUT2D eigenvalue weighted by molar-refractivity contribution is 5.97. The van der Waals surface area contributed by atoms with E-state index in [9.17, 15) is 0 Å². The van der Waals surface area contributed by atoms with Crippen molar-refractivity contribution in [1.82, 2.24) is 9.80 Å². The van der Waals surface area contributed by atoms with E-state index < -0.39 is 0 Å². The van der Waals surface area contributed by atoms with Crippen LogP contribution in [0.2, 0.25) is 0 Å². The van der Waals surface area contributed by atoms with E-state index in [1.165, 1.54) is 44.6 Å². The molecule has 0 aromatic heterocycles. The smallest absolute Gasteiger partial charge is 0.203 e. The first kappa shape index (κ1) is 24.0. The molecular weight excluding hydrogens is 416 g/mol. The van der Waals surface area contributed by atoms with E-state index in [-0.39, 0.29) is 0 Å². The minimum atomic E-state index is 0.949. The first-order valence-electron chi connectivity index (χ1n) is 12.3. The summed E-state index contributed by atoms with van der Waals surface area (Å²) in [7, 11) is 0. The molecule has 1 N–H and O–H groups in total. The van der Waals surface area contributed by atoms with Gasteiger partial charge in [-0.1, -0.05) is 65.7 Å². The zero-order valence-electron chi connectivity index (χ0n) is 21.6. The number of guanidine groups is 1. The molecule has 4 rings (SSSR count). The summed E-state index contributed by atoms with van der Waals surface area (Å²) in [6.07, 6.45) is 0. The van der Waals surface area contributed by atoms with Gasteiger partial charge in [0.2, 0.25) is 5.96 Å². The lowest BCUT2D eigenvalue weighted by molar-refractivity contribution is 0.175. The van der Waals surface area contributed by atoms with Crippen molar-refractivity contribution in [2.75, 3.05) is 31.5 Å². The fourth-order valence-corrected chi connectivity index (χ4v) is 5.08. The molecule has 0 unspecified atom stereocenters. The average molecular weight is 455 g/mol. The Morgan fingerprint density at radius 2 is 1.26 bits per heavy atom. The van der Waals surface area contributed by atoms with Gasteiger partial charge in [0.05, 0.1) is 5.69 Å². The molecule has 0 radical (unpaired) electrons. The highest BCUT2D eigenvalue weighted by atomic mass is 15.3. The molecule has 3 aromatic carbocycles. The number of hydrogen-bond donors (Lipinski definition) is 1. The number of rotatable bonds is 4. The molecular formula is C30H38N4. The van der Waals surface area contributed by atoms with Crippen molar-refractivity contribution in [1.29, 1.82) is 0 Å². The largest absolute Gasteiger partial charge is 0.340 e. The van der Waals surface area contributed by atoms with E-state index in [2.05, 4.69) is 111 Å². The SMILES string of the molecule is Cc1cc(C)c(N=C(Nc2c(C)cc(C)cc2C)N2CCN(Cc3ccccc3)CC2)c(C)c1. The Hall–Kier alpha value is -3.11. The van der Waals surface area contributed by atoms with Gasteiger partial charge in [-0.05, 0) is 69.4 Å². The number of hydrogen-bond acceptors (Lipinski definition) is 2. The Morgan fingerprint density at radius 1 is 0.735 bits per heavy atom. The molecule has 4 heteroatoms. The molecule has 0 spiro atoms. The lowest BCUT2D eigenvalue weighted by atomic mass is 10.0. The standard InChI is InChI=1S/C30H38N4/c1-21-16-23(3)28(24(4)17-21)31-30(32-29-25(5)18-22(2)19-26(29)6)34-14-12-33(13-15-34)20-27-10-8-7-9-11-27/h7-11,16-19H,12-15,20H2,1-6H3,(H,31,32). The van der Waals surface area contributed by atoms with Gasteiger partial charge in [0.25, 0.3) is 0 Å². The third-order valence-corrected chi connectivity index (χ3v) is 6.69. The molecule has 0 atom stereocenters. The van der Waals surface area contributed by atoms with Crippen LogP contribution in [-0.2, 0) is 6.54 Å². The summed E-state index contributed by atoms with van der Waals surface area (Å²) < 4.78 is 0. The lowest BCUT2D eigenvalue weighted by Gasteiger charge is -2.37. The molecule has 0 bridgehead atoms. The number of aliphatic imine (C=N–C) groups is 1. The predicted octanol–water partition coefficient (Wildman–Crippen LogP) is 6.45. The van der Waals surface area contributed by atoms with Crippen molar-refractivity contribution in [3.8, 4) is 0 Å². The van der Waals surface area contributed by atoms with Crippen LogP contribution in [0.15, 0.2) is 59.6 Å². The first-order valence-corrected chi connectivity index (χ1v) is 12.3. The summed E-state index contributed by atoms with van der Waals surface area (Å²) >= 11 is 0. The maximum atomic E-state index is 5.24. The zero-order chi connectivity index (χ0) is 24.2. The van der Waals surface area contributed by atoms with Gasteiger partial charge in [-0.2, -0.15) is 0 Å². The number of benzene rings is 3. The number of aryl methyl sites for hydroxylation is 6. The number of nitrogens with zero attached hydrogens (tertiary/aromatic N) is 3. The molecule has 178 valence electrons. The second-order valence-corrected chi connectivity index (χ2v) is 9.83. The number of anilines is 1. The van der Waals surface area contributed by atoms with Crippen LogP contribution in [0, 0.1) is 41.5 Å². The highest BCUT2D eigenvalue weighted by Gasteiger charge is 2.22. The summed E-state index contributed by atoms with van der Waals surface area (Å²) in [5.41, 5.74) is 11.1. The fraction of sp³-hybridized carbons (Fsp3) is 0.367. The van der Waals surface area contributed by atoms with Gasteiger partial charge in [0.1, 0.15) is 0 Å². The number of nitrogens with one attached hydrogen (secondary N) is 1. The van der Waals surface area contributed by atoms with Crippen LogP contribution in [-0.4, -0.2) is 41.9 Å². The molecule has 0 aliphatic carbocycles. The molecule has 4 nitrogen and oxygen atoms in total. The van der Waals surface area contributed by atoms with Crippen LogP contribution in [0.4, 0.5) is 11.4 Å². The van der Waals surface area contributed by atoms with E-state index in [0.29, 0.717) is 0 Å². The lowest BCUT2D eigenvalue weighted by Crippen LogP contribution is -2.50. The Bertz CT molecular complexity index is 1130. The predicted molar refractivity (Wildman–Crippen MR) is 145 cm³/mol. The van der Waals surface area contributed by atoms with Gasteiger partial charge in [-0.25, -0.2) is 4.99 Å². The molecule has 3 aromatic rings. The molecule has 1 saturated heterocycles. The molecule has 0 saturated carbocycles. The first-order chi connectivity index (χ1) is 16.3.